The van der Waals surface area contributed by atoms with Crippen LogP contribution in [0.3, 0.4) is 0 Å². The second-order valence-corrected chi connectivity index (χ2v) is 4.91. The zero-order valence-corrected chi connectivity index (χ0v) is 11.9. The number of hydrogen-bond acceptors (Lipinski definition) is 2. The zero-order chi connectivity index (χ0) is 15.4. The summed E-state index contributed by atoms with van der Waals surface area (Å²) in [6.07, 6.45) is 0. The van der Waals surface area contributed by atoms with Gasteiger partial charge in [0.05, 0.1) is 0 Å². The van der Waals surface area contributed by atoms with Crippen molar-refractivity contribution in [2.45, 2.75) is 0 Å². The monoisotopic (exact) mass is 289 g/mol. The molecule has 0 heterocycles. The second-order valence-electron chi connectivity index (χ2n) is 4.91. The number of anilines is 1. The summed E-state index contributed by atoms with van der Waals surface area (Å²) >= 11 is 0. The molecule has 22 heavy (non-hydrogen) atoms. The molecule has 0 aliphatic carbocycles. The van der Waals surface area contributed by atoms with Crippen molar-refractivity contribution in [3.05, 3.63) is 84.4 Å². The molecule has 3 heteroatoms. The maximum atomic E-state index is 12.3. The first-order valence-corrected chi connectivity index (χ1v) is 6.99. The van der Waals surface area contributed by atoms with E-state index >= 15 is 0 Å². The summed E-state index contributed by atoms with van der Waals surface area (Å²) in [6, 6.07) is 23.8. The van der Waals surface area contributed by atoms with Gasteiger partial charge in [-0.05, 0) is 35.9 Å². The van der Waals surface area contributed by atoms with Gasteiger partial charge in [0.1, 0.15) is 5.75 Å². The lowest BCUT2D eigenvalue weighted by molar-refractivity contribution is 0.102. The van der Waals surface area contributed by atoms with Crippen LogP contribution in [0, 0.1) is 0 Å². The number of rotatable bonds is 3. The van der Waals surface area contributed by atoms with Crippen LogP contribution in [0.4, 0.5) is 5.69 Å². The Morgan fingerprint density at radius 3 is 2.14 bits per heavy atom. The van der Waals surface area contributed by atoms with Crippen molar-refractivity contribution in [2.24, 2.45) is 0 Å². The lowest BCUT2D eigenvalue weighted by Gasteiger charge is -2.11. The van der Waals surface area contributed by atoms with E-state index in [1.165, 1.54) is 12.1 Å². The lowest BCUT2D eigenvalue weighted by atomic mass is 10.0. The number of carbonyl (C=O) groups is 1. The summed E-state index contributed by atoms with van der Waals surface area (Å²) in [5.74, 6) is -0.0652. The summed E-state index contributed by atoms with van der Waals surface area (Å²) in [4.78, 5) is 12.3. The van der Waals surface area contributed by atoms with Crippen molar-refractivity contribution in [3.8, 4) is 16.9 Å². The molecule has 0 saturated heterocycles. The molecule has 0 fully saturated rings. The molecule has 3 rings (SSSR count). The minimum atomic E-state index is -0.205. The SMILES string of the molecule is O=C(Nc1ccccc1-c1ccccc1)c1ccc(O)cc1. The number of benzene rings is 3. The third kappa shape index (κ3) is 2.99. The maximum absolute atomic E-state index is 12.3. The Kier molecular flexibility index (Phi) is 3.88. The number of nitrogens with one attached hydrogen (secondary N) is 1. The zero-order valence-electron chi connectivity index (χ0n) is 11.9. The van der Waals surface area contributed by atoms with Crippen LogP contribution in [0.5, 0.6) is 5.75 Å². The van der Waals surface area contributed by atoms with E-state index in [-0.39, 0.29) is 11.7 Å². The smallest absolute Gasteiger partial charge is 0.255 e. The summed E-state index contributed by atoms with van der Waals surface area (Å²) in [5, 5.41) is 12.2. The fourth-order valence-corrected chi connectivity index (χ4v) is 2.27. The van der Waals surface area contributed by atoms with Crippen molar-refractivity contribution >= 4 is 11.6 Å². The van der Waals surface area contributed by atoms with Gasteiger partial charge in [-0.15, -0.1) is 0 Å². The van der Waals surface area contributed by atoms with Crippen molar-refractivity contribution in [2.75, 3.05) is 5.32 Å². The van der Waals surface area contributed by atoms with Crippen LogP contribution in [0.15, 0.2) is 78.9 Å². The highest BCUT2D eigenvalue weighted by Gasteiger charge is 2.09. The fraction of sp³-hybridized carbons (Fsp3) is 0. The molecule has 3 nitrogen and oxygen atoms in total. The Morgan fingerprint density at radius 1 is 0.773 bits per heavy atom. The van der Waals surface area contributed by atoms with Gasteiger partial charge in [-0.2, -0.15) is 0 Å². The maximum Gasteiger partial charge on any atom is 0.255 e. The van der Waals surface area contributed by atoms with Crippen LogP contribution in [-0.4, -0.2) is 11.0 Å². The van der Waals surface area contributed by atoms with E-state index < -0.39 is 0 Å². The predicted molar refractivity (Wildman–Crippen MR) is 87.9 cm³/mol. The standard InChI is InChI=1S/C19H15NO2/c21-16-12-10-15(11-13-16)19(22)20-18-9-5-4-8-17(18)14-6-2-1-3-7-14/h1-13,21H,(H,20,22). The molecule has 0 spiro atoms. The van der Waals surface area contributed by atoms with E-state index in [1.54, 1.807) is 12.1 Å². The largest absolute Gasteiger partial charge is 0.508 e. The molecule has 2 N–H and O–H groups in total. The van der Waals surface area contributed by atoms with E-state index in [9.17, 15) is 9.90 Å². The number of amides is 1. The molecule has 0 radical (unpaired) electrons. The number of para-hydroxylation sites is 1. The molecule has 0 aromatic heterocycles. The first-order chi connectivity index (χ1) is 10.7. The first kappa shape index (κ1) is 13.9. The number of hydrogen-bond donors (Lipinski definition) is 2. The van der Waals surface area contributed by atoms with E-state index in [4.69, 9.17) is 0 Å². The van der Waals surface area contributed by atoms with Gasteiger partial charge >= 0.3 is 0 Å². The van der Waals surface area contributed by atoms with Crippen LogP contribution in [0.2, 0.25) is 0 Å². The van der Waals surface area contributed by atoms with Gasteiger partial charge in [0.25, 0.3) is 5.91 Å². The van der Waals surface area contributed by atoms with Crippen molar-refractivity contribution < 1.29 is 9.90 Å². The van der Waals surface area contributed by atoms with Gasteiger partial charge in [-0.3, -0.25) is 4.79 Å². The number of aromatic hydroxyl groups is 1. The van der Waals surface area contributed by atoms with Gasteiger partial charge in [-0.25, -0.2) is 0 Å². The number of phenolic OH excluding ortho intramolecular Hbond substituents is 1. The lowest BCUT2D eigenvalue weighted by Crippen LogP contribution is -2.12. The summed E-state index contributed by atoms with van der Waals surface area (Å²) in [7, 11) is 0. The van der Waals surface area contributed by atoms with E-state index in [1.807, 2.05) is 54.6 Å². The van der Waals surface area contributed by atoms with Crippen molar-refractivity contribution in [3.63, 3.8) is 0 Å². The molecule has 3 aromatic rings. The third-order valence-corrected chi connectivity index (χ3v) is 3.39. The van der Waals surface area contributed by atoms with Gasteiger partial charge in [0.15, 0.2) is 0 Å². The molecule has 1 amide bonds. The molecule has 0 atom stereocenters. The van der Waals surface area contributed by atoms with Crippen LogP contribution in [0.1, 0.15) is 10.4 Å². The molecular formula is C19H15NO2. The number of phenols is 1. The van der Waals surface area contributed by atoms with E-state index in [2.05, 4.69) is 5.32 Å². The summed E-state index contributed by atoms with van der Waals surface area (Å²) in [6.45, 7) is 0. The molecule has 0 aliphatic rings. The van der Waals surface area contributed by atoms with Crippen molar-refractivity contribution in [1.29, 1.82) is 0 Å². The van der Waals surface area contributed by atoms with Gasteiger partial charge < -0.3 is 10.4 Å². The second kappa shape index (κ2) is 6.14. The Hall–Kier alpha value is -3.07. The first-order valence-electron chi connectivity index (χ1n) is 6.99. The Bertz CT molecular complexity index is 780. The molecule has 3 aromatic carbocycles. The van der Waals surface area contributed by atoms with Crippen LogP contribution in [0.25, 0.3) is 11.1 Å². The minimum Gasteiger partial charge on any atom is -0.508 e. The van der Waals surface area contributed by atoms with Crippen molar-refractivity contribution in [1.82, 2.24) is 0 Å². The quantitative estimate of drug-likeness (QED) is 0.754. The summed E-state index contributed by atoms with van der Waals surface area (Å²) in [5.41, 5.74) is 3.27. The fourth-order valence-electron chi connectivity index (χ4n) is 2.27. The molecular weight excluding hydrogens is 274 g/mol. The highest BCUT2D eigenvalue weighted by atomic mass is 16.3. The van der Waals surface area contributed by atoms with Crippen LogP contribution < -0.4 is 5.32 Å². The average Bonchev–Trinajstić information content (AvgIpc) is 2.57. The van der Waals surface area contributed by atoms with Crippen LogP contribution in [-0.2, 0) is 0 Å². The molecule has 0 bridgehead atoms. The minimum absolute atomic E-state index is 0.140. The normalized spacial score (nSPS) is 10.2. The molecule has 0 saturated carbocycles. The van der Waals surface area contributed by atoms with Gasteiger partial charge in [-0.1, -0.05) is 48.5 Å². The molecule has 0 unspecified atom stereocenters. The predicted octanol–water partition coefficient (Wildman–Crippen LogP) is 4.31. The third-order valence-electron chi connectivity index (χ3n) is 3.39. The topological polar surface area (TPSA) is 49.3 Å². The van der Waals surface area contributed by atoms with E-state index in [0.717, 1.165) is 16.8 Å². The van der Waals surface area contributed by atoms with Gasteiger partial charge in [0.2, 0.25) is 0 Å². The highest BCUT2D eigenvalue weighted by molar-refractivity contribution is 6.06. The van der Waals surface area contributed by atoms with E-state index in [0.29, 0.717) is 5.56 Å². The Labute approximate surface area is 128 Å². The average molecular weight is 289 g/mol. The molecule has 108 valence electrons. The van der Waals surface area contributed by atoms with Gasteiger partial charge in [0, 0.05) is 16.8 Å². The van der Waals surface area contributed by atoms with Crippen LogP contribution >= 0.6 is 0 Å². The molecule has 0 aliphatic heterocycles. The Morgan fingerprint density at radius 2 is 1.41 bits per heavy atom. The number of carbonyl (C=O) groups excluding carboxylic acids is 1. The summed E-state index contributed by atoms with van der Waals surface area (Å²) < 4.78 is 0. The highest BCUT2D eigenvalue weighted by Crippen LogP contribution is 2.28. The Balaban J connectivity index is 1.90.